The molecule has 0 bridgehead atoms. The second kappa shape index (κ2) is 9.32. The highest BCUT2D eigenvalue weighted by molar-refractivity contribution is 5.95. The van der Waals surface area contributed by atoms with Gasteiger partial charge in [-0.2, -0.15) is 22.0 Å². The van der Waals surface area contributed by atoms with E-state index in [1.54, 1.807) is 6.92 Å². The van der Waals surface area contributed by atoms with Gasteiger partial charge < -0.3 is 10.1 Å². The first-order valence-electron chi connectivity index (χ1n) is 10.4. The van der Waals surface area contributed by atoms with Gasteiger partial charge in [-0.3, -0.25) is 19.7 Å². The Bertz CT molecular complexity index is 1180. The summed E-state index contributed by atoms with van der Waals surface area (Å²) in [6.07, 6.45) is 0.894. The lowest BCUT2D eigenvalue weighted by Gasteiger charge is -2.17. The van der Waals surface area contributed by atoms with Gasteiger partial charge in [0.2, 0.25) is 0 Å². The van der Waals surface area contributed by atoms with Crippen molar-refractivity contribution in [3.63, 3.8) is 0 Å². The number of carbonyl (C=O) groups is 1. The highest BCUT2D eigenvalue weighted by Crippen LogP contribution is 2.42. The van der Waals surface area contributed by atoms with Crippen LogP contribution >= 0.6 is 0 Å². The lowest BCUT2D eigenvalue weighted by atomic mass is 10.0. The first-order valence-corrected chi connectivity index (χ1v) is 10.4. The van der Waals surface area contributed by atoms with Crippen molar-refractivity contribution < 1.29 is 31.5 Å². The molecule has 1 atom stereocenters. The highest BCUT2D eigenvalue weighted by Gasteiger charge is 2.34. The zero-order valence-corrected chi connectivity index (χ0v) is 17.8. The Balaban J connectivity index is 1.57. The van der Waals surface area contributed by atoms with Gasteiger partial charge in [0.25, 0.3) is 5.91 Å². The fourth-order valence-corrected chi connectivity index (χ4v) is 3.50. The SMILES string of the molecule is CC(NC(=O)c1cc(C2CC2)cc(C(F)(F)F)c1)c1nccnc1-c1ccc(OC(F)F)cn1. The number of carbonyl (C=O) groups excluding carboxylic acids is 1. The monoisotopic (exact) mass is 478 g/mol. The van der Waals surface area contributed by atoms with Crippen molar-refractivity contribution in [1.29, 1.82) is 0 Å². The van der Waals surface area contributed by atoms with Crippen LogP contribution in [0.5, 0.6) is 5.75 Å². The minimum absolute atomic E-state index is 0.0287. The van der Waals surface area contributed by atoms with Gasteiger partial charge >= 0.3 is 12.8 Å². The molecule has 0 radical (unpaired) electrons. The Labute approximate surface area is 191 Å². The number of nitrogens with one attached hydrogen (secondary N) is 1. The van der Waals surface area contributed by atoms with E-state index >= 15 is 0 Å². The molecule has 2 aromatic heterocycles. The smallest absolute Gasteiger partial charge is 0.416 e. The Kier molecular flexibility index (Phi) is 6.45. The molecule has 1 N–H and O–H groups in total. The number of rotatable bonds is 7. The molecule has 1 fully saturated rings. The van der Waals surface area contributed by atoms with E-state index in [0.29, 0.717) is 17.0 Å². The number of hydrogen-bond acceptors (Lipinski definition) is 5. The molecule has 11 heteroatoms. The average Bonchev–Trinajstić information content (AvgIpc) is 3.64. The van der Waals surface area contributed by atoms with Crippen molar-refractivity contribution in [2.75, 3.05) is 0 Å². The van der Waals surface area contributed by atoms with E-state index < -0.39 is 30.3 Å². The molecule has 6 nitrogen and oxygen atoms in total. The van der Waals surface area contributed by atoms with Crippen molar-refractivity contribution >= 4 is 5.91 Å². The maximum absolute atomic E-state index is 13.4. The summed E-state index contributed by atoms with van der Waals surface area (Å²) >= 11 is 0. The molecule has 0 aliphatic heterocycles. The van der Waals surface area contributed by atoms with Crippen LogP contribution in [0.4, 0.5) is 22.0 Å². The quantitative estimate of drug-likeness (QED) is 0.452. The third-order valence-electron chi connectivity index (χ3n) is 5.28. The minimum atomic E-state index is -4.57. The van der Waals surface area contributed by atoms with Gasteiger partial charge in [0.05, 0.1) is 29.2 Å². The predicted octanol–water partition coefficient (Wildman–Crippen LogP) is 5.53. The van der Waals surface area contributed by atoms with Gasteiger partial charge in [-0.05, 0) is 61.6 Å². The summed E-state index contributed by atoms with van der Waals surface area (Å²) in [6, 6.07) is 5.36. The molecule has 1 amide bonds. The van der Waals surface area contributed by atoms with Crippen LogP contribution in [0.25, 0.3) is 11.4 Å². The molecule has 2 heterocycles. The van der Waals surface area contributed by atoms with Crippen molar-refractivity contribution in [3.05, 3.63) is 71.3 Å². The molecule has 3 aromatic rings. The average molecular weight is 478 g/mol. The van der Waals surface area contributed by atoms with Crippen LogP contribution in [-0.4, -0.2) is 27.5 Å². The van der Waals surface area contributed by atoms with Gasteiger partial charge in [-0.15, -0.1) is 0 Å². The number of alkyl halides is 5. The minimum Gasteiger partial charge on any atom is -0.433 e. The molecule has 1 unspecified atom stereocenters. The van der Waals surface area contributed by atoms with E-state index in [-0.39, 0.29) is 22.9 Å². The number of amides is 1. The molecule has 4 rings (SSSR count). The van der Waals surface area contributed by atoms with Gasteiger partial charge in [0, 0.05) is 18.0 Å². The standard InChI is InChI=1S/C23H19F5N4O2/c1-12(19-20(30-7-6-29-19)18-5-4-17(11-31-18)34-22(24)25)32-21(33)15-8-14(13-2-3-13)9-16(10-15)23(26,27)28/h4-13,22H,2-3H2,1H3,(H,32,33). The molecular formula is C23H19F5N4O2. The Morgan fingerprint density at radius 2 is 1.82 bits per heavy atom. The second-order valence-corrected chi connectivity index (χ2v) is 7.86. The Morgan fingerprint density at radius 1 is 1.09 bits per heavy atom. The van der Waals surface area contributed by atoms with Crippen molar-refractivity contribution in [2.45, 2.75) is 44.5 Å². The molecule has 0 spiro atoms. The highest BCUT2D eigenvalue weighted by atomic mass is 19.4. The number of benzene rings is 1. The van der Waals surface area contributed by atoms with E-state index in [2.05, 4.69) is 25.0 Å². The predicted molar refractivity (Wildman–Crippen MR) is 111 cm³/mol. The second-order valence-electron chi connectivity index (χ2n) is 7.86. The molecule has 178 valence electrons. The summed E-state index contributed by atoms with van der Waals surface area (Å²) in [5.41, 5.74) is 0.400. The summed E-state index contributed by atoms with van der Waals surface area (Å²) in [5.74, 6) is -0.798. The van der Waals surface area contributed by atoms with Crippen molar-refractivity contribution in [2.24, 2.45) is 0 Å². The fraction of sp³-hybridized carbons (Fsp3) is 0.304. The Hall–Kier alpha value is -3.63. The zero-order valence-electron chi connectivity index (χ0n) is 17.8. The van der Waals surface area contributed by atoms with E-state index in [0.717, 1.165) is 31.2 Å². The maximum Gasteiger partial charge on any atom is 0.416 e. The summed E-state index contributed by atoms with van der Waals surface area (Å²) < 4.78 is 69.1. The van der Waals surface area contributed by atoms with Crippen LogP contribution in [-0.2, 0) is 6.18 Å². The first kappa shape index (κ1) is 23.5. The largest absolute Gasteiger partial charge is 0.433 e. The molecule has 0 saturated heterocycles. The van der Waals surface area contributed by atoms with Crippen LogP contribution in [0.2, 0.25) is 0 Å². The first-order chi connectivity index (χ1) is 16.1. The zero-order chi connectivity index (χ0) is 24.5. The normalized spacial score (nSPS) is 14.7. The topological polar surface area (TPSA) is 77.0 Å². The maximum atomic E-state index is 13.4. The number of hydrogen-bond donors (Lipinski definition) is 1. The van der Waals surface area contributed by atoms with Crippen molar-refractivity contribution in [1.82, 2.24) is 20.3 Å². The van der Waals surface area contributed by atoms with Crippen LogP contribution < -0.4 is 10.1 Å². The van der Waals surface area contributed by atoms with Crippen molar-refractivity contribution in [3.8, 4) is 17.1 Å². The van der Waals surface area contributed by atoms with Gasteiger partial charge in [-0.25, -0.2) is 0 Å². The van der Waals surface area contributed by atoms with Gasteiger partial charge in [-0.1, -0.05) is 0 Å². The van der Waals surface area contributed by atoms with Gasteiger partial charge in [0.15, 0.2) is 0 Å². The molecule has 34 heavy (non-hydrogen) atoms. The Morgan fingerprint density at radius 3 is 2.44 bits per heavy atom. The van der Waals surface area contributed by atoms with Crippen LogP contribution in [0.1, 0.15) is 58.9 Å². The third kappa shape index (κ3) is 5.46. The molecular weight excluding hydrogens is 459 g/mol. The number of ether oxygens (including phenoxy) is 1. The number of nitrogens with zero attached hydrogens (tertiary/aromatic N) is 3. The third-order valence-corrected chi connectivity index (χ3v) is 5.28. The number of pyridine rings is 1. The summed E-state index contributed by atoms with van der Waals surface area (Å²) in [6.45, 7) is -1.39. The lowest BCUT2D eigenvalue weighted by molar-refractivity contribution is -0.137. The van der Waals surface area contributed by atoms with Crippen LogP contribution in [0.15, 0.2) is 48.9 Å². The van der Waals surface area contributed by atoms with E-state index in [1.165, 1.54) is 30.6 Å². The fourth-order valence-electron chi connectivity index (χ4n) is 3.50. The lowest BCUT2D eigenvalue weighted by Crippen LogP contribution is -2.28. The van der Waals surface area contributed by atoms with E-state index in [1.807, 2.05) is 0 Å². The molecule has 1 aromatic carbocycles. The number of halogens is 5. The molecule has 1 aliphatic carbocycles. The van der Waals surface area contributed by atoms with E-state index in [4.69, 9.17) is 0 Å². The summed E-state index contributed by atoms with van der Waals surface area (Å²) in [4.78, 5) is 25.4. The van der Waals surface area contributed by atoms with Crippen LogP contribution in [0, 0.1) is 0 Å². The van der Waals surface area contributed by atoms with Crippen LogP contribution in [0.3, 0.4) is 0 Å². The molecule has 1 aliphatic rings. The summed E-state index contributed by atoms with van der Waals surface area (Å²) in [5, 5.41) is 2.66. The van der Waals surface area contributed by atoms with Gasteiger partial charge in [0.1, 0.15) is 11.4 Å². The number of aromatic nitrogens is 3. The summed E-state index contributed by atoms with van der Waals surface area (Å²) in [7, 11) is 0. The van der Waals surface area contributed by atoms with E-state index in [9.17, 15) is 26.7 Å². The molecule has 1 saturated carbocycles.